The van der Waals surface area contributed by atoms with E-state index in [1.54, 1.807) is 24.3 Å². The molecule has 9 heteroatoms. The first-order valence-electron chi connectivity index (χ1n) is 9.77. The Kier molecular flexibility index (Phi) is 5.87. The number of imidazole rings is 1. The van der Waals surface area contributed by atoms with Crippen molar-refractivity contribution in [2.75, 3.05) is 19.7 Å². The van der Waals surface area contributed by atoms with Crippen molar-refractivity contribution in [3.63, 3.8) is 0 Å². The second kappa shape index (κ2) is 8.57. The van der Waals surface area contributed by atoms with E-state index >= 15 is 0 Å². The van der Waals surface area contributed by atoms with Gasteiger partial charge in [-0.1, -0.05) is 23.8 Å². The average molecular weight is 428 g/mol. The van der Waals surface area contributed by atoms with Gasteiger partial charge in [0.2, 0.25) is 10.0 Å². The molecule has 1 aliphatic rings. The summed E-state index contributed by atoms with van der Waals surface area (Å²) >= 11 is 0. The van der Waals surface area contributed by atoms with E-state index in [1.165, 1.54) is 4.31 Å². The smallest absolute Gasteiger partial charge is 0.243 e. The molecule has 2 aromatic heterocycles. The number of fused-ring (bicyclic) bond motifs is 1. The van der Waals surface area contributed by atoms with Crippen molar-refractivity contribution < 1.29 is 13.5 Å². The van der Waals surface area contributed by atoms with Crippen LogP contribution in [0.15, 0.2) is 71.0 Å². The minimum absolute atomic E-state index is 0.158. The highest BCUT2D eigenvalue weighted by Crippen LogP contribution is 2.23. The largest absolute Gasteiger partial charge is 0.392 e. The Labute approximate surface area is 175 Å². The number of aliphatic hydroxyl groups excluding tert-OH is 1. The first-order valence-corrected chi connectivity index (χ1v) is 11.2. The van der Waals surface area contributed by atoms with Crippen molar-refractivity contribution in [3.8, 4) is 0 Å². The number of pyridine rings is 1. The molecule has 3 aromatic rings. The fourth-order valence-corrected chi connectivity index (χ4v) is 4.91. The van der Waals surface area contributed by atoms with Crippen molar-refractivity contribution >= 4 is 15.7 Å². The predicted molar refractivity (Wildman–Crippen MR) is 114 cm³/mol. The lowest BCUT2D eigenvalue weighted by Crippen LogP contribution is -2.42. The zero-order valence-corrected chi connectivity index (χ0v) is 17.6. The van der Waals surface area contributed by atoms with Gasteiger partial charge in [-0.2, -0.15) is 4.31 Å². The lowest BCUT2D eigenvalue weighted by molar-refractivity contribution is 0.302. The first-order chi connectivity index (χ1) is 14.5. The highest BCUT2D eigenvalue weighted by molar-refractivity contribution is 7.89. The molecule has 0 aliphatic carbocycles. The molecule has 1 aliphatic heterocycles. The van der Waals surface area contributed by atoms with Crippen molar-refractivity contribution in [1.82, 2.24) is 24.5 Å². The quantitative estimate of drug-likeness (QED) is 0.495. The van der Waals surface area contributed by atoms with Crippen LogP contribution in [-0.2, 0) is 16.6 Å². The monoisotopic (exact) mass is 427 g/mol. The SMILES string of the molecule is Cc1ccc(S(=O)(=O)N2CCC(NNCc3cn4ccccc4n3)=C(CO)C2)cc1. The fraction of sp³-hybridized carbons (Fsp3) is 0.286. The third-order valence-corrected chi connectivity index (χ3v) is 7.04. The van der Waals surface area contributed by atoms with Crippen molar-refractivity contribution in [2.24, 2.45) is 0 Å². The van der Waals surface area contributed by atoms with Gasteiger partial charge in [-0.05, 0) is 36.8 Å². The molecule has 8 nitrogen and oxygen atoms in total. The van der Waals surface area contributed by atoms with E-state index in [-0.39, 0.29) is 18.0 Å². The van der Waals surface area contributed by atoms with E-state index in [9.17, 15) is 13.5 Å². The van der Waals surface area contributed by atoms with Crippen molar-refractivity contribution in [1.29, 1.82) is 0 Å². The van der Waals surface area contributed by atoms with Gasteiger partial charge in [0.25, 0.3) is 0 Å². The second-order valence-electron chi connectivity index (χ2n) is 7.32. The number of aryl methyl sites for hydroxylation is 1. The number of hydrogen-bond donors (Lipinski definition) is 3. The van der Waals surface area contributed by atoms with Gasteiger partial charge in [0, 0.05) is 37.6 Å². The Morgan fingerprint density at radius 2 is 1.97 bits per heavy atom. The zero-order chi connectivity index (χ0) is 21.1. The summed E-state index contributed by atoms with van der Waals surface area (Å²) in [5.74, 6) is 0. The van der Waals surface area contributed by atoms with Crippen LogP contribution in [0, 0.1) is 6.92 Å². The molecular formula is C21H25N5O3S. The van der Waals surface area contributed by atoms with Gasteiger partial charge in [-0.3, -0.25) is 0 Å². The Balaban J connectivity index is 1.41. The van der Waals surface area contributed by atoms with E-state index in [0.717, 1.165) is 22.6 Å². The third kappa shape index (κ3) is 4.24. The molecular weight excluding hydrogens is 402 g/mol. The summed E-state index contributed by atoms with van der Waals surface area (Å²) < 4.78 is 29.2. The summed E-state index contributed by atoms with van der Waals surface area (Å²) in [5, 5.41) is 9.80. The minimum Gasteiger partial charge on any atom is -0.392 e. The molecule has 0 fully saturated rings. The van der Waals surface area contributed by atoms with Crippen LogP contribution in [0.4, 0.5) is 0 Å². The van der Waals surface area contributed by atoms with E-state index in [4.69, 9.17) is 0 Å². The molecule has 158 valence electrons. The van der Waals surface area contributed by atoms with Crippen LogP contribution < -0.4 is 10.9 Å². The first kappa shape index (κ1) is 20.5. The van der Waals surface area contributed by atoms with Crippen LogP contribution in [0.2, 0.25) is 0 Å². The molecule has 3 heterocycles. The number of nitrogens with zero attached hydrogens (tertiary/aromatic N) is 3. The lowest BCUT2D eigenvalue weighted by Gasteiger charge is -2.30. The molecule has 0 unspecified atom stereocenters. The van der Waals surface area contributed by atoms with Gasteiger partial charge in [0.1, 0.15) is 5.65 Å². The highest BCUT2D eigenvalue weighted by atomic mass is 32.2. The standard InChI is InChI=1S/C21H25N5O3S/c1-16-5-7-19(8-6-16)30(28,29)26-11-9-20(17(13-26)15-27)24-22-12-18-14-25-10-3-2-4-21(25)23-18/h2-8,10,14,22,24,27H,9,11-13,15H2,1H3. The van der Waals surface area contributed by atoms with Gasteiger partial charge in [-0.15, -0.1) is 0 Å². The summed E-state index contributed by atoms with van der Waals surface area (Å²) in [5.41, 5.74) is 10.5. The van der Waals surface area contributed by atoms with Crippen LogP contribution in [0.25, 0.3) is 5.65 Å². The predicted octanol–water partition coefficient (Wildman–Crippen LogP) is 1.58. The van der Waals surface area contributed by atoms with Crippen molar-refractivity contribution in [3.05, 3.63) is 77.4 Å². The number of hydrazine groups is 1. The molecule has 3 N–H and O–H groups in total. The van der Waals surface area contributed by atoms with Gasteiger partial charge < -0.3 is 14.9 Å². The van der Waals surface area contributed by atoms with E-state index in [2.05, 4.69) is 15.8 Å². The second-order valence-corrected chi connectivity index (χ2v) is 9.26. The summed E-state index contributed by atoms with van der Waals surface area (Å²) in [7, 11) is -3.60. The number of benzene rings is 1. The molecule has 0 saturated heterocycles. The van der Waals surface area contributed by atoms with Crippen LogP contribution >= 0.6 is 0 Å². The Morgan fingerprint density at radius 1 is 1.17 bits per heavy atom. The van der Waals surface area contributed by atoms with Gasteiger partial charge in [0.05, 0.1) is 23.7 Å². The van der Waals surface area contributed by atoms with Crippen LogP contribution in [-0.4, -0.2) is 46.9 Å². The van der Waals surface area contributed by atoms with Gasteiger partial charge >= 0.3 is 0 Å². The van der Waals surface area contributed by atoms with Crippen molar-refractivity contribution in [2.45, 2.75) is 24.8 Å². The Bertz CT molecular complexity index is 1140. The Morgan fingerprint density at radius 3 is 2.70 bits per heavy atom. The number of hydrogen-bond acceptors (Lipinski definition) is 6. The van der Waals surface area contributed by atoms with Crippen LogP contribution in [0.3, 0.4) is 0 Å². The summed E-state index contributed by atoms with van der Waals surface area (Å²) in [6, 6.07) is 12.6. The van der Waals surface area contributed by atoms with Crippen LogP contribution in [0.5, 0.6) is 0 Å². The number of aromatic nitrogens is 2. The maximum absolute atomic E-state index is 12.9. The van der Waals surface area contributed by atoms with Gasteiger partial charge in [0.15, 0.2) is 0 Å². The normalized spacial score (nSPS) is 15.7. The summed E-state index contributed by atoms with van der Waals surface area (Å²) in [4.78, 5) is 4.80. The maximum atomic E-state index is 12.9. The molecule has 4 rings (SSSR count). The van der Waals surface area contributed by atoms with Gasteiger partial charge in [-0.25, -0.2) is 18.8 Å². The number of sulfonamides is 1. The lowest BCUT2D eigenvalue weighted by atomic mass is 10.1. The number of aliphatic hydroxyl groups is 1. The zero-order valence-electron chi connectivity index (χ0n) is 16.7. The minimum atomic E-state index is -3.60. The number of nitrogens with one attached hydrogen (secondary N) is 2. The van der Waals surface area contributed by atoms with Crippen LogP contribution in [0.1, 0.15) is 17.7 Å². The molecule has 0 spiro atoms. The summed E-state index contributed by atoms with van der Waals surface area (Å²) in [6.45, 7) is 2.71. The molecule has 0 atom stereocenters. The molecule has 0 amide bonds. The molecule has 0 bridgehead atoms. The van der Waals surface area contributed by atoms with E-state index in [1.807, 2.05) is 41.9 Å². The molecule has 1 aromatic carbocycles. The fourth-order valence-electron chi connectivity index (χ4n) is 3.48. The molecule has 0 saturated carbocycles. The highest BCUT2D eigenvalue weighted by Gasteiger charge is 2.29. The Hall–Kier alpha value is -2.72. The third-order valence-electron chi connectivity index (χ3n) is 5.18. The van der Waals surface area contributed by atoms with E-state index in [0.29, 0.717) is 25.1 Å². The number of rotatable bonds is 7. The summed E-state index contributed by atoms with van der Waals surface area (Å²) in [6.07, 6.45) is 4.37. The molecule has 0 radical (unpaired) electrons. The average Bonchev–Trinajstić information content (AvgIpc) is 3.17. The topological polar surface area (TPSA) is 99.0 Å². The maximum Gasteiger partial charge on any atom is 0.243 e. The van der Waals surface area contributed by atoms with E-state index < -0.39 is 10.0 Å². The molecule has 30 heavy (non-hydrogen) atoms.